The zero-order chi connectivity index (χ0) is 19.1. The first-order valence-corrected chi connectivity index (χ1v) is 9.28. The SMILES string of the molecule is CCNC(=NCC(C)(O)c1ccco1)NCCCn1cnc2ccccc21. The smallest absolute Gasteiger partial charge is 0.191 e. The molecule has 0 radical (unpaired) electrons. The van der Waals surface area contributed by atoms with Crippen molar-refractivity contribution < 1.29 is 9.52 Å². The Morgan fingerprint density at radius 2 is 2.11 bits per heavy atom. The van der Waals surface area contributed by atoms with Crippen LogP contribution in [0.4, 0.5) is 0 Å². The molecule has 0 aliphatic rings. The maximum Gasteiger partial charge on any atom is 0.191 e. The number of para-hydroxylation sites is 2. The summed E-state index contributed by atoms with van der Waals surface area (Å²) in [5.41, 5.74) is 1.02. The van der Waals surface area contributed by atoms with Crippen LogP contribution in [0.3, 0.4) is 0 Å². The number of nitrogens with one attached hydrogen (secondary N) is 2. The molecule has 2 aromatic heterocycles. The van der Waals surface area contributed by atoms with Crippen LogP contribution in [0.1, 0.15) is 26.0 Å². The number of aliphatic imine (C=N–C) groups is 1. The molecule has 0 saturated heterocycles. The van der Waals surface area contributed by atoms with E-state index in [2.05, 4.69) is 31.2 Å². The molecule has 2 heterocycles. The summed E-state index contributed by atoms with van der Waals surface area (Å²) in [6, 6.07) is 11.6. The minimum Gasteiger partial charge on any atom is -0.466 e. The lowest BCUT2D eigenvalue weighted by Crippen LogP contribution is -2.39. The van der Waals surface area contributed by atoms with Gasteiger partial charge in [-0.05, 0) is 44.5 Å². The van der Waals surface area contributed by atoms with Gasteiger partial charge < -0.3 is 24.7 Å². The number of nitrogens with zero attached hydrogens (tertiary/aromatic N) is 3. The number of hydrogen-bond acceptors (Lipinski definition) is 4. The molecule has 1 aromatic carbocycles. The van der Waals surface area contributed by atoms with Gasteiger partial charge in [0, 0.05) is 19.6 Å². The standard InChI is InChI=1S/C20H27N5O2/c1-3-21-19(23-14-20(2,26)18-10-6-13-27-18)22-11-7-12-25-15-24-16-8-4-5-9-17(16)25/h4-6,8-10,13,15,26H,3,7,11-12,14H2,1-2H3,(H2,21,22,23). The third kappa shape index (κ3) is 4.89. The van der Waals surface area contributed by atoms with Crippen LogP contribution in [-0.2, 0) is 12.1 Å². The van der Waals surface area contributed by atoms with E-state index in [-0.39, 0.29) is 6.54 Å². The summed E-state index contributed by atoms with van der Waals surface area (Å²) in [4.78, 5) is 8.90. The Labute approximate surface area is 159 Å². The van der Waals surface area contributed by atoms with Crippen molar-refractivity contribution in [2.45, 2.75) is 32.4 Å². The highest BCUT2D eigenvalue weighted by Crippen LogP contribution is 2.21. The first-order valence-electron chi connectivity index (χ1n) is 9.28. The predicted octanol–water partition coefficient (Wildman–Crippen LogP) is 2.48. The van der Waals surface area contributed by atoms with E-state index in [0.717, 1.165) is 37.1 Å². The lowest BCUT2D eigenvalue weighted by Gasteiger charge is -2.19. The summed E-state index contributed by atoms with van der Waals surface area (Å²) in [5.74, 6) is 1.19. The van der Waals surface area contributed by atoms with Crippen LogP contribution >= 0.6 is 0 Å². The molecule has 0 bridgehead atoms. The number of rotatable bonds is 8. The van der Waals surface area contributed by atoms with Crippen molar-refractivity contribution in [2.75, 3.05) is 19.6 Å². The fourth-order valence-corrected chi connectivity index (χ4v) is 2.88. The fraction of sp³-hybridized carbons (Fsp3) is 0.400. The predicted molar refractivity (Wildman–Crippen MR) is 107 cm³/mol. The highest BCUT2D eigenvalue weighted by Gasteiger charge is 2.26. The average molecular weight is 369 g/mol. The van der Waals surface area contributed by atoms with Gasteiger partial charge in [-0.1, -0.05) is 12.1 Å². The van der Waals surface area contributed by atoms with Gasteiger partial charge in [0.2, 0.25) is 0 Å². The van der Waals surface area contributed by atoms with Crippen LogP contribution in [0.25, 0.3) is 11.0 Å². The molecule has 7 nitrogen and oxygen atoms in total. The molecule has 0 aliphatic heterocycles. The van der Waals surface area contributed by atoms with Crippen molar-refractivity contribution in [2.24, 2.45) is 4.99 Å². The number of fused-ring (bicyclic) bond motifs is 1. The van der Waals surface area contributed by atoms with Crippen LogP contribution in [0.2, 0.25) is 0 Å². The maximum absolute atomic E-state index is 10.5. The summed E-state index contributed by atoms with van der Waals surface area (Å²) in [7, 11) is 0. The van der Waals surface area contributed by atoms with Crippen LogP contribution in [0.5, 0.6) is 0 Å². The topological polar surface area (TPSA) is 87.6 Å². The summed E-state index contributed by atoms with van der Waals surface area (Å²) in [6.07, 6.45) is 4.36. The molecule has 0 aliphatic carbocycles. The van der Waals surface area contributed by atoms with Crippen LogP contribution in [0, 0.1) is 0 Å². The summed E-state index contributed by atoms with van der Waals surface area (Å²) >= 11 is 0. The fourth-order valence-electron chi connectivity index (χ4n) is 2.88. The van der Waals surface area contributed by atoms with Crippen LogP contribution in [0.15, 0.2) is 58.4 Å². The Hall–Kier alpha value is -2.80. The minimum absolute atomic E-state index is 0.210. The van der Waals surface area contributed by atoms with Crippen LogP contribution < -0.4 is 10.6 Å². The molecule has 7 heteroatoms. The quantitative estimate of drug-likeness (QED) is 0.323. The summed E-state index contributed by atoms with van der Waals surface area (Å²) < 4.78 is 7.45. The molecule has 1 unspecified atom stereocenters. The average Bonchev–Trinajstić information content (AvgIpc) is 3.34. The first kappa shape index (κ1) is 19.0. The van der Waals surface area contributed by atoms with Gasteiger partial charge in [0.1, 0.15) is 11.4 Å². The van der Waals surface area contributed by atoms with Crippen molar-refractivity contribution in [1.82, 2.24) is 20.2 Å². The van der Waals surface area contributed by atoms with E-state index < -0.39 is 5.60 Å². The van der Waals surface area contributed by atoms with E-state index in [1.54, 1.807) is 25.3 Å². The van der Waals surface area contributed by atoms with Crippen molar-refractivity contribution in [1.29, 1.82) is 0 Å². The number of furan rings is 1. The Balaban J connectivity index is 1.52. The van der Waals surface area contributed by atoms with E-state index >= 15 is 0 Å². The summed E-state index contributed by atoms with van der Waals surface area (Å²) in [6.45, 7) is 6.31. The molecule has 3 rings (SSSR count). The number of aromatic nitrogens is 2. The second kappa shape index (κ2) is 8.73. The first-order chi connectivity index (χ1) is 13.1. The largest absolute Gasteiger partial charge is 0.466 e. The van der Waals surface area contributed by atoms with Gasteiger partial charge in [0.25, 0.3) is 0 Å². The molecule has 3 N–H and O–H groups in total. The number of hydrogen-bond donors (Lipinski definition) is 3. The van der Waals surface area contributed by atoms with Gasteiger partial charge in [-0.3, -0.25) is 0 Å². The zero-order valence-electron chi connectivity index (χ0n) is 15.9. The number of benzene rings is 1. The molecule has 3 aromatic rings. The van der Waals surface area contributed by atoms with Crippen molar-refractivity contribution in [3.63, 3.8) is 0 Å². The second-order valence-corrected chi connectivity index (χ2v) is 6.65. The zero-order valence-corrected chi connectivity index (χ0v) is 15.9. The van der Waals surface area contributed by atoms with E-state index in [4.69, 9.17) is 4.42 Å². The number of guanidine groups is 1. The van der Waals surface area contributed by atoms with Crippen LogP contribution in [-0.4, -0.2) is 40.3 Å². The highest BCUT2D eigenvalue weighted by molar-refractivity contribution is 5.79. The van der Waals surface area contributed by atoms with E-state index in [0.29, 0.717) is 11.7 Å². The highest BCUT2D eigenvalue weighted by atomic mass is 16.4. The third-order valence-corrected chi connectivity index (χ3v) is 4.34. The van der Waals surface area contributed by atoms with Gasteiger partial charge in [-0.15, -0.1) is 0 Å². The third-order valence-electron chi connectivity index (χ3n) is 4.34. The number of aliphatic hydroxyl groups is 1. The lowest BCUT2D eigenvalue weighted by atomic mass is 10.0. The molecule has 27 heavy (non-hydrogen) atoms. The normalized spacial score (nSPS) is 14.3. The Morgan fingerprint density at radius 1 is 1.26 bits per heavy atom. The molecule has 1 atom stereocenters. The van der Waals surface area contributed by atoms with Gasteiger partial charge in [0.15, 0.2) is 5.96 Å². The van der Waals surface area contributed by atoms with Crippen molar-refractivity contribution in [3.8, 4) is 0 Å². The van der Waals surface area contributed by atoms with Gasteiger partial charge in [-0.25, -0.2) is 9.98 Å². The Morgan fingerprint density at radius 3 is 2.89 bits per heavy atom. The van der Waals surface area contributed by atoms with Gasteiger partial charge >= 0.3 is 0 Å². The summed E-state index contributed by atoms with van der Waals surface area (Å²) in [5, 5.41) is 17.0. The minimum atomic E-state index is -1.14. The van der Waals surface area contributed by atoms with E-state index in [9.17, 15) is 5.11 Å². The molecular formula is C20H27N5O2. The monoisotopic (exact) mass is 369 g/mol. The van der Waals surface area contributed by atoms with Crippen molar-refractivity contribution in [3.05, 3.63) is 54.7 Å². The molecule has 0 spiro atoms. The molecule has 0 saturated carbocycles. The second-order valence-electron chi connectivity index (χ2n) is 6.65. The van der Waals surface area contributed by atoms with E-state index in [1.807, 2.05) is 31.5 Å². The molecular weight excluding hydrogens is 342 g/mol. The Bertz CT molecular complexity index is 868. The van der Waals surface area contributed by atoms with E-state index in [1.165, 1.54) is 0 Å². The Kier molecular flexibility index (Phi) is 6.13. The number of aryl methyl sites for hydroxylation is 1. The van der Waals surface area contributed by atoms with Gasteiger partial charge in [0.05, 0.1) is 30.2 Å². The molecule has 144 valence electrons. The lowest BCUT2D eigenvalue weighted by molar-refractivity contribution is 0.0437. The molecule has 0 fully saturated rings. The molecule has 0 amide bonds. The maximum atomic E-state index is 10.5. The number of imidazole rings is 1. The van der Waals surface area contributed by atoms with Crippen molar-refractivity contribution >= 4 is 17.0 Å². The van der Waals surface area contributed by atoms with Gasteiger partial charge in [-0.2, -0.15) is 0 Å².